The maximum atomic E-state index is 12.4. The van der Waals surface area contributed by atoms with E-state index in [2.05, 4.69) is 0 Å². The van der Waals surface area contributed by atoms with Crippen molar-refractivity contribution < 1.29 is 14.3 Å². The lowest BCUT2D eigenvalue weighted by atomic mass is 9.97. The lowest BCUT2D eigenvalue weighted by molar-refractivity contribution is -0.146. The molecule has 0 bridgehead atoms. The molecule has 1 aliphatic rings. The number of esters is 1. The van der Waals surface area contributed by atoms with Gasteiger partial charge >= 0.3 is 5.97 Å². The molecule has 1 aromatic carbocycles. The van der Waals surface area contributed by atoms with E-state index in [-0.39, 0.29) is 17.8 Å². The summed E-state index contributed by atoms with van der Waals surface area (Å²) in [5.74, 6) is -0.610. The molecular weight excluding hydrogens is 266 g/mol. The number of benzene rings is 1. The topological polar surface area (TPSA) is 46.6 Å². The summed E-state index contributed by atoms with van der Waals surface area (Å²) in [6.45, 7) is 1.05. The third kappa shape index (κ3) is 3.07. The number of ether oxygens (including phenoxy) is 1. The van der Waals surface area contributed by atoms with Gasteiger partial charge in [0, 0.05) is 13.1 Å². The summed E-state index contributed by atoms with van der Waals surface area (Å²) in [6, 6.07) is 6.95. The van der Waals surface area contributed by atoms with E-state index >= 15 is 0 Å². The molecule has 2 rings (SSSR count). The van der Waals surface area contributed by atoms with Crippen LogP contribution < -0.4 is 0 Å². The van der Waals surface area contributed by atoms with Gasteiger partial charge in [-0.1, -0.05) is 23.7 Å². The van der Waals surface area contributed by atoms with Crippen molar-refractivity contribution in [2.45, 2.75) is 12.8 Å². The molecule has 1 fully saturated rings. The van der Waals surface area contributed by atoms with Crippen molar-refractivity contribution in [3.8, 4) is 0 Å². The molecule has 102 valence electrons. The second-order valence-corrected chi connectivity index (χ2v) is 5.00. The fourth-order valence-corrected chi connectivity index (χ4v) is 2.54. The van der Waals surface area contributed by atoms with Gasteiger partial charge in [0.1, 0.15) is 0 Å². The average Bonchev–Trinajstić information content (AvgIpc) is 2.46. The van der Waals surface area contributed by atoms with Crippen LogP contribution in [0.2, 0.25) is 5.02 Å². The highest BCUT2D eigenvalue weighted by atomic mass is 35.5. The first kappa shape index (κ1) is 13.9. The highest BCUT2D eigenvalue weighted by molar-refractivity contribution is 6.33. The summed E-state index contributed by atoms with van der Waals surface area (Å²) in [7, 11) is 1.37. The minimum absolute atomic E-state index is 0.126. The van der Waals surface area contributed by atoms with Gasteiger partial charge in [0.2, 0.25) is 0 Å². The molecule has 19 heavy (non-hydrogen) atoms. The smallest absolute Gasteiger partial charge is 0.310 e. The molecule has 5 heteroatoms. The zero-order chi connectivity index (χ0) is 13.8. The number of carbonyl (C=O) groups excluding carboxylic acids is 2. The lowest BCUT2D eigenvalue weighted by Crippen LogP contribution is -2.42. The fraction of sp³-hybridized carbons (Fsp3) is 0.429. The number of nitrogens with zero attached hydrogens (tertiary/aromatic N) is 1. The predicted molar refractivity (Wildman–Crippen MR) is 72.1 cm³/mol. The zero-order valence-corrected chi connectivity index (χ0v) is 11.5. The number of likely N-dealkylation sites (tertiary alicyclic amines) is 1. The number of piperidine rings is 1. The summed E-state index contributed by atoms with van der Waals surface area (Å²) in [6.07, 6.45) is 1.56. The van der Waals surface area contributed by atoms with Crippen LogP contribution in [-0.4, -0.2) is 37.0 Å². The molecule has 0 aliphatic carbocycles. The number of methoxy groups -OCH3 is 1. The summed E-state index contributed by atoms with van der Waals surface area (Å²) >= 11 is 6.03. The molecule has 0 aromatic heterocycles. The van der Waals surface area contributed by atoms with Gasteiger partial charge in [0.25, 0.3) is 5.91 Å². The second kappa shape index (κ2) is 6.06. The van der Waals surface area contributed by atoms with Crippen LogP contribution in [-0.2, 0) is 9.53 Å². The Morgan fingerprint density at radius 3 is 2.79 bits per heavy atom. The van der Waals surface area contributed by atoms with Gasteiger partial charge < -0.3 is 9.64 Å². The molecule has 1 saturated heterocycles. The molecule has 0 N–H and O–H groups in total. The second-order valence-electron chi connectivity index (χ2n) is 4.59. The Balaban J connectivity index is 2.11. The number of hydrogen-bond donors (Lipinski definition) is 0. The third-order valence-electron chi connectivity index (χ3n) is 3.35. The summed E-state index contributed by atoms with van der Waals surface area (Å²) in [5, 5.41) is 0.438. The SMILES string of the molecule is COC(=O)C1CCCN(C(=O)c2ccccc2Cl)C1. The monoisotopic (exact) mass is 281 g/mol. The standard InChI is InChI=1S/C14H16ClNO3/c1-19-14(18)10-5-4-8-16(9-10)13(17)11-6-2-3-7-12(11)15/h2-3,6-7,10H,4-5,8-9H2,1H3. The van der Waals surface area contributed by atoms with Crippen LogP contribution in [0.1, 0.15) is 23.2 Å². The predicted octanol–water partition coefficient (Wildman–Crippen LogP) is 2.37. The largest absolute Gasteiger partial charge is 0.469 e. The van der Waals surface area contributed by atoms with Crippen LogP contribution in [0.5, 0.6) is 0 Å². The van der Waals surface area contributed by atoms with Crippen LogP contribution in [0.25, 0.3) is 0 Å². The summed E-state index contributed by atoms with van der Waals surface area (Å²) in [4.78, 5) is 25.6. The van der Waals surface area contributed by atoms with Crippen molar-refractivity contribution in [3.63, 3.8) is 0 Å². The van der Waals surface area contributed by atoms with E-state index in [4.69, 9.17) is 16.3 Å². The first-order valence-corrected chi connectivity index (χ1v) is 6.63. The van der Waals surface area contributed by atoms with E-state index in [1.807, 2.05) is 0 Å². The van der Waals surface area contributed by atoms with Gasteiger partial charge in [-0.05, 0) is 25.0 Å². The van der Waals surface area contributed by atoms with Crippen LogP contribution in [0.15, 0.2) is 24.3 Å². The van der Waals surface area contributed by atoms with Crippen molar-refractivity contribution in [2.24, 2.45) is 5.92 Å². The van der Waals surface area contributed by atoms with Crippen molar-refractivity contribution in [1.29, 1.82) is 0 Å². The van der Waals surface area contributed by atoms with Crippen LogP contribution in [0, 0.1) is 5.92 Å². The molecule has 1 aliphatic heterocycles. The van der Waals surface area contributed by atoms with E-state index in [0.29, 0.717) is 23.7 Å². The van der Waals surface area contributed by atoms with Crippen LogP contribution in [0.4, 0.5) is 0 Å². The van der Waals surface area contributed by atoms with Crippen molar-refractivity contribution in [3.05, 3.63) is 34.9 Å². The lowest BCUT2D eigenvalue weighted by Gasteiger charge is -2.31. The summed E-state index contributed by atoms with van der Waals surface area (Å²) < 4.78 is 4.74. The van der Waals surface area contributed by atoms with Crippen LogP contribution >= 0.6 is 11.6 Å². The zero-order valence-electron chi connectivity index (χ0n) is 10.8. The number of hydrogen-bond acceptors (Lipinski definition) is 3. The normalized spacial score (nSPS) is 19.1. The number of rotatable bonds is 2. The number of amides is 1. The molecule has 0 saturated carbocycles. The first-order valence-electron chi connectivity index (χ1n) is 6.25. The number of carbonyl (C=O) groups is 2. The van der Waals surface area contributed by atoms with E-state index in [1.165, 1.54) is 7.11 Å². The Kier molecular flexibility index (Phi) is 4.43. The van der Waals surface area contributed by atoms with Crippen molar-refractivity contribution in [1.82, 2.24) is 4.90 Å². The molecule has 4 nitrogen and oxygen atoms in total. The quantitative estimate of drug-likeness (QED) is 0.782. The third-order valence-corrected chi connectivity index (χ3v) is 3.68. The Labute approximate surface area is 117 Å². The Morgan fingerprint density at radius 2 is 2.11 bits per heavy atom. The molecule has 1 heterocycles. The Hall–Kier alpha value is -1.55. The van der Waals surface area contributed by atoms with E-state index < -0.39 is 0 Å². The van der Waals surface area contributed by atoms with E-state index in [1.54, 1.807) is 29.2 Å². The maximum Gasteiger partial charge on any atom is 0.310 e. The van der Waals surface area contributed by atoms with Crippen LogP contribution in [0.3, 0.4) is 0 Å². The highest BCUT2D eigenvalue weighted by Crippen LogP contribution is 2.22. The van der Waals surface area contributed by atoms with Gasteiger partial charge in [-0.3, -0.25) is 9.59 Å². The molecule has 0 radical (unpaired) electrons. The van der Waals surface area contributed by atoms with Crippen molar-refractivity contribution in [2.75, 3.05) is 20.2 Å². The maximum absolute atomic E-state index is 12.4. The number of halogens is 1. The fourth-order valence-electron chi connectivity index (χ4n) is 2.33. The molecular formula is C14H16ClNO3. The molecule has 1 unspecified atom stereocenters. The van der Waals surface area contributed by atoms with Gasteiger partial charge in [-0.2, -0.15) is 0 Å². The van der Waals surface area contributed by atoms with Crippen molar-refractivity contribution >= 4 is 23.5 Å². The minimum atomic E-state index is -0.253. The molecule has 1 amide bonds. The van der Waals surface area contributed by atoms with Gasteiger partial charge in [-0.25, -0.2) is 0 Å². The Morgan fingerprint density at radius 1 is 1.37 bits per heavy atom. The molecule has 0 spiro atoms. The Bertz CT molecular complexity index is 489. The average molecular weight is 282 g/mol. The van der Waals surface area contributed by atoms with Gasteiger partial charge in [-0.15, -0.1) is 0 Å². The van der Waals surface area contributed by atoms with E-state index in [0.717, 1.165) is 12.8 Å². The molecule has 1 aromatic rings. The van der Waals surface area contributed by atoms with Gasteiger partial charge in [0.15, 0.2) is 0 Å². The first-order chi connectivity index (χ1) is 9.13. The molecule has 1 atom stereocenters. The minimum Gasteiger partial charge on any atom is -0.469 e. The summed E-state index contributed by atoms with van der Waals surface area (Å²) in [5.41, 5.74) is 0.481. The van der Waals surface area contributed by atoms with Gasteiger partial charge in [0.05, 0.1) is 23.6 Å². The van der Waals surface area contributed by atoms with E-state index in [9.17, 15) is 9.59 Å². The highest BCUT2D eigenvalue weighted by Gasteiger charge is 2.29.